The summed E-state index contributed by atoms with van der Waals surface area (Å²) in [5.41, 5.74) is 1.16. The van der Waals surface area contributed by atoms with E-state index in [0.717, 1.165) is 0 Å². The normalized spacial score (nSPS) is 18.1. The highest BCUT2D eigenvalue weighted by Crippen LogP contribution is 2.39. The van der Waals surface area contributed by atoms with Crippen LogP contribution in [0.4, 0.5) is 0 Å². The molecule has 3 rings (SSSR count). The zero-order valence-electron chi connectivity index (χ0n) is 17.1. The van der Waals surface area contributed by atoms with Gasteiger partial charge in [-0.05, 0) is 50.0 Å². The third-order valence-electron chi connectivity index (χ3n) is 4.82. The number of hydrogen-bond acceptors (Lipinski definition) is 6. The molecule has 0 saturated carbocycles. The van der Waals surface area contributed by atoms with Crippen molar-refractivity contribution in [2.24, 2.45) is 0 Å². The van der Waals surface area contributed by atoms with E-state index in [1.54, 1.807) is 54.9 Å². The predicted octanol–water partition coefficient (Wildman–Crippen LogP) is 2.63. The minimum Gasteiger partial charge on any atom is -0.507 e. The molecule has 1 atom stereocenters. The van der Waals surface area contributed by atoms with Gasteiger partial charge in [-0.3, -0.25) is 14.6 Å². The number of carbonyl (C=O) groups is 2. The Balaban J connectivity index is 2.03. The zero-order chi connectivity index (χ0) is 21.7. The molecule has 1 N–H and O–H groups in total. The average Bonchev–Trinajstić information content (AvgIpc) is 3.01. The molecular formula is C23H25N3O4. The summed E-state index contributed by atoms with van der Waals surface area (Å²) in [4.78, 5) is 33.2. The van der Waals surface area contributed by atoms with Crippen molar-refractivity contribution < 1.29 is 19.4 Å². The Kier molecular flexibility index (Phi) is 6.64. The third kappa shape index (κ3) is 4.41. The van der Waals surface area contributed by atoms with Crippen LogP contribution in [0.1, 0.15) is 17.2 Å². The lowest BCUT2D eigenvalue weighted by Gasteiger charge is -2.26. The van der Waals surface area contributed by atoms with Gasteiger partial charge in [0.15, 0.2) is 0 Å². The van der Waals surface area contributed by atoms with Gasteiger partial charge in [-0.1, -0.05) is 18.7 Å². The van der Waals surface area contributed by atoms with Crippen LogP contribution in [0, 0.1) is 0 Å². The van der Waals surface area contributed by atoms with Gasteiger partial charge in [0.25, 0.3) is 11.7 Å². The van der Waals surface area contributed by atoms with Crippen molar-refractivity contribution in [1.29, 1.82) is 0 Å². The third-order valence-corrected chi connectivity index (χ3v) is 4.82. The van der Waals surface area contributed by atoms with Crippen LogP contribution >= 0.6 is 0 Å². The zero-order valence-corrected chi connectivity index (χ0v) is 17.1. The smallest absolute Gasteiger partial charge is 0.295 e. The molecule has 1 fully saturated rings. The topological polar surface area (TPSA) is 83.0 Å². The number of pyridine rings is 1. The van der Waals surface area contributed by atoms with Crippen molar-refractivity contribution in [1.82, 2.24) is 14.8 Å². The van der Waals surface area contributed by atoms with Crippen molar-refractivity contribution >= 4 is 17.4 Å². The first kappa shape index (κ1) is 21.3. The summed E-state index contributed by atoms with van der Waals surface area (Å²) in [6.07, 6.45) is 4.87. The van der Waals surface area contributed by atoms with Crippen LogP contribution in [0.15, 0.2) is 67.0 Å². The molecule has 0 unspecified atom stereocenters. The molecule has 1 saturated heterocycles. The maximum Gasteiger partial charge on any atom is 0.295 e. The van der Waals surface area contributed by atoms with Gasteiger partial charge < -0.3 is 19.6 Å². The van der Waals surface area contributed by atoms with E-state index in [1.165, 1.54) is 4.90 Å². The van der Waals surface area contributed by atoms with E-state index < -0.39 is 17.7 Å². The Labute approximate surface area is 175 Å². The molecular weight excluding hydrogens is 382 g/mol. The summed E-state index contributed by atoms with van der Waals surface area (Å²) < 4.78 is 5.46. The number of amides is 1. The van der Waals surface area contributed by atoms with Crippen LogP contribution in [-0.2, 0) is 9.59 Å². The first-order valence-corrected chi connectivity index (χ1v) is 9.61. The molecule has 1 aromatic heterocycles. The van der Waals surface area contributed by atoms with Crippen LogP contribution in [0.3, 0.4) is 0 Å². The number of carbonyl (C=O) groups excluding carboxylic acids is 2. The lowest BCUT2D eigenvalue weighted by atomic mass is 9.96. The Bertz CT molecular complexity index is 952. The Morgan fingerprint density at radius 3 is 2.60 bits per heavy atom. The summed E-state index contributed by atoms with van der Waals surface area (Å²) in [6.45, 7) is 4.90. The average molecular weight is 407 g/mol. The Morgan fingerprint density at radius 1 is 1.27 bits per heavy atom. The largest absolute Gasteiger partial charge is 0.507 e. The molecule has 7 nitrogen and oxygen atoms in total. The van der Waals surface area contributed by atoms with Gasteiger partial charge in [-0.15, -0.1) is 0 Å². The van der Waals surface area contributed by atoms with Gasteiger partial charge in [0.1, 0.15) is 18.1 Å². The van der Waals surface area contributed by atoms with Crippen LogP contribution in [-0.4, -0.2) is 65.4 Å². The first-order chi connectivity index (χ1) is 14.4. The number of hydrogen-bond donors (Lipinski definition) is 1. The summed E-state index contributed by atoms with van der Waals surface area (Å²) in [7, 11) is 3.79. The second-order valence-corrected chi connectivity index (χ2v) is 7.21. The molecule has 2 aromatic rings. The lowest BCUT2D eigenvalue weighted by molar-refractivity contribution is -0.140. The maximum atomic E-state index is 12.9. The fraction of sp³-hybridized carbons (Fsp3) is 0.261. The summed E-state index contributed by atoms with van der Waals surface area (Å²) in [5, 5.41) is 11.0. The van der Waals surface area contributed by atoms with E-state index in [-0.39, 0.29) is 11.3 Å². The maximum absolute atomic E-state index is 12.9. The lowest BCUT2D eigenvalue weighted by Crippen LogP contribution is -2.35. The number of likely N-dealkylation sites (tertiary alicyclic amines) is 1. The Hall–Kier alpha value is -3.45. The number of ether oxygens (including phenoxy) is 1. The van der Waals surface area contributed by atoms with Crippen LogP contribution in [0.2, 0.25) is 0 Å². The summed E-state index contributed by atoms with van der Waals surface area (Å²) in [6, 6.07) is 9.54. The highest BCUT2D eigenvalue weighted by atomic mass is 16.5. The second kappa shape index (κ2) is 9.37. The summed E-state index contributed by atoms with van der Waals surface area (Å²) >= 11 is 0. The minimum atomic E-state index is -0.702. The highest BCUT2D eigenvalue weighted by Gasteiger charge is 2.45. The molecule has 1 aromatic carbocycles. The molecule has 0 spiro atoms. The number of nitrogens with zero attached hydrogens (tertiary/aromatic N) is 3. The molecule has 0 bridgehead atoms. The first-order valence-electron chi connectivity index (χ1n) is 9.61. The van der Waals surface area contributed by atoms with Gasteiger partial charge in [-0.25, -0.2) is 0 Å². The molecule has 1 aliphatic heterocycles. The van der Waals surface area contributed by atoms with Crippen molar-refractivity contribution in [2.45, 2.75) is 6.04 Å². The number of Topliss-reactive ketones (excluding diaryl/α,β-unsaturated/α-hetero) is 1. The fourth-order valence-corrected chi connectivity index (χ4v) is 3.32. The molecule has 156 valence electrons. The van der Waals surface area contributed by atoms with Crippen LogP contribution in [0.25, 0.3) is 5.76 Å². The van der Waals surface area contributed by atoms with Gasteiger partial charge in [0, 0.05) is 31.0 Å². The molecule has 1 aliphatic rings. The minimum absolute atomic E-state index is 0.0616. The van der Waals surface area contributed by atoms with E-state index in [2.05, 4.69) is 11.6 Å². The Morgan fingerprint density at radius 2 is 2.00 bits per heavy atom. The van der Waals surface area contributed by atoms with Crippen LogP contribution < -0.4 is 4.74 Å². The molecule has 0 aliphatic carbocycles. The predicted molar refractivity (Wildman–Crippen MR) is 114 cm³/mol. The van der Waals surface area contributed by atoms with Crippen molar-refractivity contribution in [3.05, 3.63) is 78.1 Å². The number of ketones is 1. The van der Waals surface area contributed by atoms with Gasteiger partial charge in [-0.2, -0.15) is 0 Å². The second-order valence-electron chi connectivity index (χ2n) is 7.21. The van der Waals surface area contributed by atoms with Gasteiger partial charge in [0.2, 0.25) is 0 Å². The van der Waals surface area contributed by atoms with E-state index >= 15 is 0 Å². The number of benzene rings is 1. The molecule has 0 radical (unpaired) electrons. The molecule has 1 amide bonds. The van der Waals surface area contributed by atoms with Crippen molar-refractivity contribution in [3.63, 3.8) is 0 Å². The number of aliphatic hydroxyl groups excluding tert-OH is 1. The van der Waals surface area contributed by atoms with Gasteiger partial charge in [0.05, 0.1) is 11.6 Å². The standard InChI is InChI=1S/C23H25N3O4/c1-4-14-30-18-9-7-16(8-10-18)21(27)19-20(17-6-5-11-24-15-17)26(13-12-25(2)3)23(29)22(19)28/h4-11,15,20,27H,1,12-14H2,2-3H3/t20-/m0/s1. The van der Waals surface area contributed by atoms with Crippen LogP contribution in [0.5, 0.6) is 5.75 Å². The number of aromatic nitrogens is 1. The monoisotopic (exact) mass is 407 g/mol. The number of aliphatic hydroxyl groups is 1. The van der Waals surface area contributed by atoms with Gasteiger partial charge >= 0.3 is 0 Å². The van der Waals surface area contributed by atoms with E-state index in [0.29, 0.717) is 36.6 Å². The molecule has 2 heterocycles. The van der Waals surface area contributed by atoms with E-state index in [1.807, 2.05) is 19.0 Å². The number of rotatable bonds is 8. The summed E-state index contributed by atoms with van der Waals surface area (Å²) in [5.74, 6) is -0.934. The highest BCUT2D eigenvalue weighted by molar-refractivity contribution is 6.46. The number of likely N-dealkylation sites (N-methyl/N-ethyl adjacent to an activating group) is 1. The SMILES string of the molecule is C=CCOc1ccc(C(O)=C2C(=O)C(=O)N(CCN(C)C)[C@H]2c2cccnc2)cc1. The molecule has 7 heteroatoms. The van der Waals surface area contributed by atoms with E-state index in [4.69, 9.17) is 4.74 Å². The van der Waals surface area contributed by atoms with E-state index in [9.17, 15) is 14.7 Å². The van der Waals surface area contributed by atoms with Crippen molar-refractivity contribution in [2.75, 3.05) is 33.8 Å². The van der Waals surface area contributed by atoms with Crippen molar-refractivity contribution in [3.8, 4) is 5.75 Å². The molecule has 30 heavy (non-hydrogen) atoms. The fourth-order valence-electron chi connectivity index (χ4n) is 3.32. The quantitative estimate of drug-likeness (QED) is 0.314.